The fourth-order valence-corrected chi connectivity index (χ4v) is 2.18. The maximum atomic E-state index is 11.7. The van der Waals surface area contributed by atoms with Crippen LogP contribution >= 0.6 is 11.6 Å². The number of ether oxygens (including phenoxy) is 1. The molecule has 0 fully saturated rings. The molecule has 0 saturated carbocycles. The van der Waals surface area contributed by atoms with Gasteiger partial charge in [0.2, 0.25) is 5.89 Å². The Hall–Kier alpha value is -2.92. The van der Waals surface area contributed by atoms with Crippen LogP contribution < -0.4 is 0 Å². The van der Waals surface area contributed by atoms with Crippen molar-refractivity contribution in [2.24, 2.45) is 0 Å². The number of aromatic nitrogens is 2. The number of halogens is 1. The lowest BCUT2D eigenvalue weighted by Gasteiger charge is -1.98. The highest BCUT2D eigenvalue weighted by Crippen LogP contribution is 2.26. The van der Waals surface area contributed by atoms with E-state index in [9.17, 15) is 4.79 Å². The Morgan fingerprint density at radius 1 is 1.08 bits per heavy atom. The predicted octanol–water partition coefficient (Wildman–Crippen LogP) is 4.15. The Kier molecular flexibility index (Phi) is 5.03. The summed E-state index contributed by atoms with van der Waals surface area (Å²) < 4.78 is 10.5. The van der Waals surface area contributed by atoms with Gasteiger partial charge in [0.15, 0.2) is 6.61 Å². The second-order valence-electron chi connectivity index (χ2n) is 4.83. The Labute approximate surface area is 143 Å². The molecule has 1 aromatic heterocycles. The smallest absolute Gasteiger partial charge is 0.331 e. The first-order valence-corrected chi connectivity index (χ1v) is 7.57. The van der Waals surface area contributed by atoms with Gasteiger partial charge >= 0.3 is 5.97 Å². The summed E-state index contributed by atoms with van der Waals surface area (Å²) in [5.41, 5.74) is 1.54. The van der Waals surface area contributed by atoms with E-state index in [0.29, 0.717) is 10.6 Å². The van der Waals surface area contributed by atoms with Gasteiger partial charge < -0.3 is 9.15 Å². The second-order valence-corrected chi connectivity index (χ2v) is 5.24. The Morgan fingerprint density at radius 3 is 2.62 bits per heavy atom. The second kappa shape index (κ2) is 7.57. The van der Waals surface area contributed by atoms with Crippen LogP contribution in [-0.4, -0.2) is 16.2 Å². The lowest BCUT2D eigenvalue weighted by atomic mass is 10.2. The third kappa shape index (κ3) is 4.08. The van der Waals surface area contributed by atoms with Crippen LogP contribution in [0.4, 0.5) is 0 Å². The first-order valence-electron chi connectivity index (χ1n) is 7.19. The molecule has 0 bridgehead atoms. The normalized spacial score (nSPS) is 10.9. The van der Waals surface area contributed by atoms with Crippen molar-refractivity contribution in [3.8, 4) is 11.5 Å². The zero-order valence-electron chi connectivity index (χ0n) is 12.6. The molecule has 5 nitrogen and oxygen atoms in total. The third-order valence-corrected chi connectivity index (χ3v) is 3.45. The highest BCUT2D eigenvalue weighted by molar-refractivity contribution is 6.33. The molecule has 0 amide bonds. The molecule has 0 aliphatic rings. The zero-order valence-corrected chi connectivity index (χ0v) is 13.3. The van der Waals surface area contributed by atoms with Crippen LogP contribution in [0.2, 0.25) is 5.02 Å². The third-order valence-electron chi connectivity index (χ3n) is 3.12. The van der Waals surface area contributed by atoms with Crippen molar-refractivity contribution < 1.29 is 13.9 Å². The predicted molar refractivity (Wildman–Crippen MR) is 90.0 cm³/mol. The molecule has 0 aliphatic heterocycles. The standard InChI is InChI=1S/C18H13ClN2O3/c19-15-9-5-4-8-14(15)18-21-20-16(24-18)12-23-17(22)11-10-13-6-2-1-3-7-13/h1-11H,12H2. The van der Waals surface area contributed by atoms with E-state index in [1.807, 2.05) is 42.5 Å². The number of carbonyl (C=O) groups is 1. The maximum absolute atomic E-state index is 11.7. The fraction of sp³-hybridized carbons (Fsp3) is 0.0556. The Morgan fingerprint density at radius 2 is 1.83 bits per heavy atom. The minimum Gasteiger partial charge on any atom is -0.452 e. The lowest BCUT2D eigenvalue weighted by molar-refractivity contribution is -0.139. The SMILES string of the molecule is O=C(C=Cc1ccccc1)OCc1nnc(-c2ccccc2Cl)o1. The zero-order chi connectivity index (χ0) is 16.8. The lowest BCUT2D eigenvalue weighted by Crippen LogP contribution is -2.00. The molecule has 0 spiro atoms. The number of hydrogen-bond donors (Lipinski definition) is 0. The Bertz CT molecular complexity index is 859. The van der Waals surface area contributed by atoms with Crippen LogP contribution in [0, 0.1) is 0 Å². The quantitative estimate of drug-likeness (QED) is 0.515. The molecule has 120 valence electrons. The average molecular weight is 341 g/mol. The van der Waals surface area contributed by atoms with E-state index in [1.165, 1.54) is 6.08 Å². The maximum Gasteiger partial charge on any atom is 0.331 e. The average Bonchev–Trinajstić information content (AvgIpc) is 3.08. The molecule has 0 N–H and O–H groups in total. The van der Waals surface area contributed by atoms with Gasteiger partial charge in [0.25, 0.3) is 5.89 Å². The van der Waals surface area contributed by atoms with Gasteiger partial charge in [0.05, 0.1) is 10.6 Å². The summed E-state index contributed by atoms with van der Waals surface area (Å²) in [7, 11) is 0. The number of benzene rings is 2. The van der Waals surface area contributed by atoms with Gasteiger partial charge in [-0.2, -0.15) is 0 Å². The highest BCUT2D eigenvalue weighted by Gasteiger charge is 2.12. The topological polar surface area (TPSA) is 65.2 Å². The van der Waals surface area contributed by atoms with Crippen molar-refractivity contribution in [3.63, 3.8) is 0 Å². The van der Waals surface area contributed by atoms with Gasteiger partial charge in [-0.1, -0.05) is 54.1 Å². The van der Waals surface area contributed by atoms with E-state index in [1.54, 1.807) is 18.2 Å². The number of carbonyl (C=O) groups excluding carboxylic acids is 1. The molecule has 3 rings (SSSR count). The first kappa shape index (κ1) is 16.0. The summed E-state index contributed by atoms with van der Waals surface area (Å²) in [5.74, 6) is -0.00537. The van der Waals surface area contributed by atoms with E-state index >= 15 is 0 Å². The summed E-state index contributed by atoms with van der Waals surface area (Å²) >= 11 is 6.07. The van der Waals surface area contributed by atoms with Crippen LogP contribution in [0.15, 0.2) is 65.1 Å². The molecule has 0 atom stereocenters. The van der Waals surface area contributed by atoms with Gasteiger partial charge in [-0.3, -0.25) is 0 Å². The van der Waals surface area contributed by atoms with Gasteiger partial charge in [-0.25, -0.2) is 4.79 Å². The van der Waals surface area contributed by atoms with Crippen molar-refractivity contribution in [1.82, 2.24) is 10.2 Å². The van der Waals surface area contributed by atoms with Crippen LogP contribution in [0.25, 0.3) is 17.5 Å². The van der Waals surface area contributed by atoms with Crippen molar-refractivity contribution >= 4 is 23.6 Å². The highest BCUT2D eigenvalue weighted by atomic mass is 35.5. The van der Waals surface area contributed by atoms with Gasteiger partial charge in [-0.15, -0.1) is 10.2 Å². The summed E-state index contributed by atoms with van der Waals surface area (Å²) in [6.07, 6.45) is 3.02. The number of esters is 1. The van der Waals surface area contributed by atoms with Crippen molar-refractivity contribution in [3.05, 3.63) is 77.2 Å². The first-order chi connectivity index (χ1) is 11.7. The minimum absolute atomic E-state index is 0.102. The molecule has 0 radical (unpaired) electrons. The van der Waals surface area contributed by atoms with Crippen LogP contribution in [0.5, 0.6) is 0 Å². The van der Waals surface area contributed by atoms with E-state index in [0.717, 1.165) is 5.56 Å². The molecular weight excluding hydrogens is 328 g/mol. The van der Waals surface area contributed by atoms with E-state index in [2.05, 4.69) is 10.2 Å². The van der Waals surface area contributed by atoms with Crippen molar-refractivity contribution in [2.75, 3.05) is 0 Å². The molecule has 0 aliphatic carbocycles. The molecular formula is C18H13ClN2O3. The number of rotatable bonds is 5. The molecule has 1 heterocycles. The summed E-state index contributed by atoms with van der Waals surface area (Å²) in [4.78, 5) is 11.7. The molecule has 3 aromatic rings. The van der Waals surface area contributed by atoms with Crippen molar-refractivity contribution in [2.45, 2.75) is 6.61 Å². The minimum atomic E-state index is -0.489. The van der Waals surface area contributed by atoms with Gasteiger partial charge in [0.1, 0.15) is 0 Å². The Balaban J connectivity index is 1.59. The molecule has 0 saturated heterocycles. The van der Waals surface area contributed by atoms with Gasteiger partial charge in [0, 0.05) is 6.08 Å². The largest absolute Gasteiger partial charge is 0.452 e. The molecule has 0 unspecified atom stereocenters. The van der Waals surface area contributed by atoms with Crippen LogP contribution in [0.3, 0.4) is 0 Å². The summed E-state index contributed by atoms with van der Waals surface area (Å²) in [6.45, 7) is -0.102. The monoisotopic (exact) mass is 340 g/mol. The van der Waals surface area contributed by atoms with E-state index < -0.39 is 5.97 Å². The summed E-state index contributed by atoms with van der Waals surface area (Å²) in [6, 6.07) is 16.6. The fourth-order valence-electron chi connectivity index (χ4n) is 1.96. The number of hydrogen-bond acceptors (Lipinski definition) is 5. The van der Waals surface area contributed by atoms with Gasteiger partial charge in [-0.05, 0) is 23.8 Å². The molecule has 6 heteroatoms. The van der Waals surface area contributed by atoms with E-state index in [-0.39, 0.29) is 18.4 Å². The van der Waals surface area contributed by atoms with Crippen LogP contribution in [0.1, 0.15) is 11.5 Å². The molecule has 2 aromatic carbocycles. The van der Waals surface area contributed by atoms with Crippen LogP contribution in [-0.2, 0) is 16.1 Å². The van der Waals surface area contributed by atoms with E-state index in [4.69, 9.17) is 20.8 Å². The number of nitrogens with zero attached hydrogens (tertiary/aromatic N) is 2. The molecule has 24 heavy (non-hydrogen) atoms. The summed E-state index contributed by atoms with van der Waals surface area (Å²) in [5, 5.41) is 8.27. The van der Waals surface area contributed by atoms with Crippen molar-refractivity contribution in [1.29, 1.82) is 0 Å².